The minimum absolute atomic E-state index is 0.00797. The van der Waals surface area contributed by atoms with Crippen LogP contribution in [0.5, 0.6) is 0 Å². The fourth-order valence-electron chi connectivity index (χ4n) is 5.49. The second-order valence-corrected chi connectivity index (χ2v) is 9.09. The van der Waals surface area contributed by atoms with Crippen LogP contribution in [-0.4, -0.2) is 18.8 Å². The fraction of sp³-hybridized carbons (Fsp3) is 0.611. The van der Waals surface area contributed by atoms with Crippen LogP contribution in [0.3, 0.4) is 0 Å². The molecule has 23 heavy (non-hydrogen) atoms. The van der Waals surface area contributed by atoms with E-state index in [-0.39, 0.29) is 10.3 Å². The molecule has 4 nitrogen and oxygen atoms in total. The van der Waals surface area contributed by atoms with E-state index in [0.717, 1.165) is 44.1 Å². The number of carbonyl (C=O) groups is 1. The molecule has 3 aliphatic rings. The minimum atomic E-state index is -4.14. The molecular formula is C18H22O4S. The number of hydrogen-bond acceptors (Lipinski definition) is 3. The second-order valence-electron chi connectivity index (χ2n) is 7.67. The Morgan fingerprint density at radius 2 is 1.96 bits per heavy atom. The zero-order valence-corrected chi connectivity index (χ0v) is 14.1. The first kappa shape index (κ1) is 15.3. The molecule has 0 aliphatic heterocycles. The number of hydrogen-bond donors (Lipinski definition) is 1. The van der Waals surface area contributed by atoms with E-state index in [9.17, 15) is 17.8 Å². The molecule has 2 fully saturated rings. The molecule has 4 atom stereocenters. The highest BCUT2D eigenvalue weighted by Gasteiger charge is 2.54. The third-order valence-corrected chi connectivity index (χ3v) is 7.55. The molecule has 1 aromatic rings. The Bertz CT molecular complexity index is 782. The smallest absolute Gasteiger partial charge is 0.294 e. The van der Waals surface area contributed by atoms with Crippen molar-refractivity contribution in [3.63, 3.8) is 0 Å². The summed E-state index contributed by atoms with van der Waals surface area (Å²) in [6.07, 6.45) is 5.52. The van der Waals surface area contributed by atoms with Gasteiger partial charge in [0.05, 0.1) is 4.90 Å². The van der Waals surface area contributed by atoms with Gasteiger partial charge < -0.3 is 0 Å². The van der Waals surface area contributed by atoms with Crippen molar-refractivity contribution in [2.45, 2.75) is 56.3 Å². The topological polar surface area (TPSA) is 71.4 Å². The van der Waals surface area contributed by atoms with Gasteiger partial charge in [0.15, 0.2) is 0 Å². The second kappa shape index (κ2) is 4.90. The predicted molar refractivity (Wildman–Crippen MR) is 85.9 cm³/mol. The van der Waals surface area contributed by atoms with Gasteiger partial charge in [-0.25, -0.2) is 0 Å². The number of fused-ring (bicyclic) bond motifs is 5. The normalized spacial score (nSPS) is 36.3. The highest BCUT2D eigenvalue weighted by atomic mass is 32.2. The van der Waals surface area contributed by atoms with Crippen LogP contribution in [0, 0.1) is 17.3 Å². The average Bonchev–Trinajstić information content (AvgIpc) is 2.81. The van der Waals surface area contributed by atoms with Gasteiger partial charge in [-0.2, -0.15) is 8.42 Å². The Balaban J connectivity index is 1.72. The number of benzene rings is 1. The van der Waals surface area contributed by atoms with E-state index in [4.69, 9.17) is 0 Å². The molecule has 0 heterocycles. The van der Waals surface area contributed by atoms with Crippen LogP contribution in [0.1, 0.15) is 56.1 Å². The van der Waals surface area contributed by atoms with E-state index >= 15 is 0 Å². The van der Waals surface area contributed by atoms with Gasteiger partial charge in [0.2, 0.25) is 0 Å². The SMILES string of the molecule is CC12CCC3c4ccc(S(=O)(=O)O)cc4CCC3C1CCC2=O. The molecule has 0 aromatic heterocycles. The van der Waals surface area contributed by atoms with E-state index in [2.05, 4.69) is 6.92 Å². The van der Waals surface area contributed by atoms with Gasteiger partial charge in [-0.3, -0.25) is 9.35 Å². The highest BCUT2D eigenvalue weighted by molar-refractivity contribution is 7.85. The molecule has 5 heteroatoms. The van der Waals surface area contributed by atoms with E-state index in [1.807, 2.05) is 6.07 Å². The molecule has 0 spiro atoms. The summed E-state index contributed by atoms with van der Waals surface area (Å²) in [4.78, 5) is 12.3. The number of carbonyl (C=O) groups excluding carboxylic acids is 1. The van der Waals surface area contributed by atoms with Crippen molar-refractivity contribution < 1.29 is 17.8 Å². The quantitative estimate of drug-likeness (QED) is 0.799. The lowest BCUT2D eigenvalue weighted by molar-refractivity contribution is -0.129. The first-order chi connectivity index (χ1) is 10.8. The highest BCUT2D eigenvalue weighted by Crippen LogP contribution is 2.59. The maximum Gasteiger partial charge on any atom is 0.294 e. The van der Waals surface area contributed by atoms with Gasteiger partial charge in [-0.05, 0) is 73.1 Å². The summed E-state index contributed by atoms with van der Waals surface area (Å²) in [7, 11) is -4.14. The molecule has 3 aliphatic carbocycles. The summed E-state index contributed by atoms with van der Waals surface area (Å²) in [5.74, 6) is 1.87. The molecule has 2 saturated carbocycles. The summed E-state index contributed by atoms with van der Waals surface area (Å²) >= 11 is 0. The Hall–Kier alpha value is -1.20. The maximum absolute atomic E-state index is 12.3. The predicted octanol–water partition coefficient (Wildman–Crippen LogP) is 3.36. The summed E-state index contributed by atoms with van der Waals surface area (Å²) in [5.41, 5.74) is 2.15. The van der Waals surface area contributed by atoms with Crippen molar-refractivity contribution in [2.24, 2.45) is 17.3 Å². The molecule has 124 valence electrons. The van der Waals surface area contributed by atoms with Crippen molar-refractivity contribution in [1.82, 2.24) is 0 Å². The lowest BCUT2D eigenvalue weighted by atomic mass is 9.55. The standard InChI is InChI=1S/C18H22O4S/c1-18-9-8-14-13-5-3-12(23(20,21)22)10-11(13)2-4-15(14)16(18)6-7-17(18)19/h3,5,10,14-16H,2,4,6-9H2,1H3,(H,20,21,22). The van der Waals surface area contributed by atoms with E-state index in [0.29, 0.717) is 23.5 Å². The van der Waals surface area contributed by atoms with Crippen LogP contribution < -0.4 is 0 Å². The van der Waals surface area contributed by atoms with Crippen molar-refractivity contribution in [1.29, 1.82) is 0 Å². The minimum Gasteiger partial charge on any atom is -0.299 e. The summed E-state index contributed by atoms with van der Waals surface area (Å²) < 4.78 is 31.9. The molecule has 0 radical (unpaired) electrons. The van der Waals surface area contributed by atoms with Crippen molar-refractivity contribution in [3.8, 4) is 0 Å². The number of Topliss-reactive ketones (excluding diaryl/α,β-unsaturated/α-hetero) is 1. The summed E-state index contributed by atoms with van der Waals surface area (Å²) in [6.45, 7) is 2.15. The zero-order valence-electron chi connectivity index (χ0n) is 13.3. The van der Waals surface area contributed by atoms with Crippen LogP contribution in [0.15, 0.2) is 23.1 Å². The maximum atomic E-state index is 12.3. The first-order valence-corrected chi connectivity index (χ1v) is 9.88. The van der Waals surface area contributed by atoms with Crippen molar-refractivity contribution in [3.05, 3.63) is 29.3 Å². The number of rotatable bonds is 1. The van der Waals surface area contributed by atoms with Crippen LogP contribution in [0.25, 0.3) is 0 Å². The lowest BCUT2D eigenvalue weighted by Crippen LogP contribution is -2.42. The summed E-state index contributed by atoms with van der Waals surface area (Å²) in [6, 6.07) is 5.04. The molecule has 0 bridgehead atoms. The first-order valence-electron chi connectivity index (χ1n) is 8.44. The third-order valence-electron chi connectivity index (χ3n) is 6.70. The fourth-order valence-corrected chi connectivity index (χ4v) is 6.02. The molecule has 4 unspecified atom stereocenters. The molecule has 4 rings (SSSR count). The number of aryl methyl sites for hydroxylation is 1. The van der Waals surface area contributed by atoms with Gasteiger partial charge in [0.25, 0.3) is 10.1 Å². The molecular weight excluding hydrogens is 312 g/mol. The summed E-state index contributed by atoms with van der Waals surface area (Å²) in [5, 5.41) is 0. The van der Waals surface area contributed by atoms with Gasteiger partial charge in [0, 0.05) is 11.8 Å². The van der Waals surface area contributed by atoms with Crippen molar-refractivity contribution >= 4 is 15.9 Å². The lowest BCUT2D eigenvalue weighted by Gasteiger charge is -2.48. The van der Waals surface area contributed by atoms with Crippen LogP contribution in [0.2, 0.25) is 0 Å². The number of ketones is 1. The Morgan fingerprint density at radius 3 is 2.70 bits per heavy atom. The zero-order chi connectivity index (χ0) is 16.4. The van der Waals surface area contributed by atoms with Gasteiger partial charge in [0.1, 0.15) is 5.78 Å². The molecule has 0 amide bonds. The Labute approximate surface area is 137 Å². The molecule has 1 aromatic carbocycles. The molecule has 1 N–H and O–H groups in total. The van der Waals surface area contributed by atoms with Gasteiger partial charge in [-0.15, -0.1) is 0 Å². The Morgan fingerprint density at radius 1 is 1.17 bits per heavy atom. The third kappa shape index (κ3) is 2.20. The van der Waals surface area contributed by atoms with E-state index in [1.54, 1.807) is 6.07 Å². The van der Waals surface area contributed by atoms with Crippen LogP contribution >= 0.6 is 0 Å². The van der Waals surface area contributed by atoms with E-state index in [1.165, 1.54) is 11.6 Å². The van der Waals surface area contributed by atoms with Crippen molar-refractivity contribution in [2.75, 3.05) is 0 Å². The largest absolute Gasteiger partial charge is 0.299 e. The average molecular weight is 334 g/mol. The molecule has 0 saturated heterocycles. The Kier molecular flexibility index (Phi) is 3.27. The monoisotopic (exact) mass is 334 g/mol. The van der Waals surface area contributed by atoms with E-state index < -0.39 is 10.1 Å². The van der Waals surface area contributed by atoms with Gasteiger partial charge in [-0.1, -0.05) is 13.0 Å². The van der Waals surface area contributed by atoms with Crippen LogP contribution in [-0.2, 0) is 21.3 Å². The van der Waals surface area contributed by atoms with Gasteiger partial charge >= 0.3 is 0 Å². The van der Waals surface area contributed by atoms with Crippen LogP contribution in [0.4, 0.5) is 0 Å².